The van der Waals surface area contributed by atoms with Crippen molar-refractivity contribution in [1.29, 1.82) is 0 Å². The van der Waals surface area contributed by atoms with Gasteiger partial charge in [0.05, 0.1) is 11.5 Å². The highest BCUT2D eigenvalue weighted by molar-refractivity contribution is 5.85. The van der Waals surface area contributed by atoms with Crippen LogP contribution in [0.4, 0.5) is 23.5 Å². The fourth-order valence-corrected chi connectivity index (χ4v) is 5.11. The zero-order chi connectivity index (χ0) is 22.7. The van der Waals surface area contributed by atoms with E-state index in [4.69, 9.17) is 0 Å². The number of carbonyl (C=O) groups is 1. The third-order valence-corrected chi connectivity index (χ3v) is 6.77. The molecule has 0 N–H and O–H groups in total. The molecule has 0 saturated carbocycles. The number of carbonyl (C=O) groups excluding carboxylic acids is 1. The van der Waals surface area contributed by atoms with Crippen LogP contribution in [0.2, 0.25) is 0 Å². The van der Waals surface area contributed by atoms with Gasteiger partial charge in [-0.15, -0.1) is 0 Å². The van der Waals surface area contributed by atoms with Crippen LogP contribution in [-0.2, 0) is 10.7 Å². The Kier molecular flexibility index (Phi) is 4.88. The molecule has 0 radical (unpaired) electrons. The molecule has 1 aromatic heterocycles. The molecule has 170 valence electrons. The lowest BCUT2D eigenvalue weighted by Crippen LogP contribution is -2.46. The van der Waals surface area contributed by atoms with Crippen molar-refractivity contribution in [2.24, 2.45) is 5.41 Å². The molecule has 5 rings (SSSR count). The summed E-state index contributed by atoms with van der Waals surface area (Å²) in [7, 11) is 0. The van der Waals surface area contributed by atoms with Crippen LogP contribution in [0.25, 0.3) is 0 Å². The number of halogens is 4. The van der Waals surface area contributed by atoms with E-state index in [-0.39, 0.29) is 17.5 Å². The largest absolute Gasteiger partial charge is 0.341 e. The molecule has 0 bridgehead atoms. The average Bonchev–Trinajstić information content (AvgIpc) is 3.26. The number of amides is 1. The molecule has 4 heterocycles. The summed E-state index contributed by atoms with van der Waals surface area (Å²) in [6.45, 7) is 2.90. The SMILES string of the molecule is CC(F)(F)c1ccnc(N2CCC3(CC2)CN2CC[C@@H](c4cc(F)cc(F)c4)N2C3=O)n1. The molecule has 3 fully saturated rings. The lowest BCUT2D eigenvalue weighted by Gasteiger charge is -2.38. The summed E-state index contributed by atoms with van der Waals surface area (Å²) >= 11 is 0. The summed E-state index contributed by atoms with van der Waals surface area (Å²) in [5.41, 5.74) is -0.483. The molecule has 1 amide bonds. The smallest absolute Gasteiger partial charge is 0.287 e. The van der Waals surface area contributed by atoms with Gasteiger partial charge >= 0.3 is 0 Å². The fraction of sp³-hybridized carbons (Fsp3) is 0.500. The minimum Gasteiger partial charge on any atom is -0.341 e. The molecule has 1 atom stereocenters. The Morgan fingerprint density at radius 1 is 1.09 bits per heavy atom. The fourth-order valence-electron chi connectivity index (χ4n) is 5.11. The van der Waals surface area contributed by atoms with Crippen LogP contribution in [-0.4, -0.2) is 52.1 Å². The van der Waals surface area contributed by atoms with E-state index < -0.39 is 29.0 Å². The molecule has 6 nitrogen and oxygen atoms in total. The molecule has 3 saturated heterocycles. The molecule has 3 aliphatic heterocycles. The zero-order valence-corrected chi connectivity index (χ0v) is 17.6. The van der Waals surface area contributed by atoms with Crippen molar-refractivity contribution < 1.29 is 22.4 Å². The summed E-state index contributed by atoms with van der Waals surface area (Å²) in [6.07, 6.45) is 2.99. The van der Waals surface area contributed by atoms with Gasteiger partial charge in [0.1, 0.15) is 17.3 Å². The molecule has 3 aliphatic rings. The second-order valence-corrected chi connectivity index (χ2v) is 8.94. The minimum absolute atomic E-state index is 0.0425. The maximum Gasteiger partial charge on any atom is 0.287 e. The standard InChI is InChI=1S/C22H23F4N5O/c1-21(25,26)18-2-6-27-20(28-18)29-8-4-22(5-9-29)13-30-7-3-17(31(30)19(22)32)14-10-15(23)12-16(24)11-14/h2,6,10-12,17H,3-5,7-9,13H2,1H3/t17-/m0/s1. The summed E-state index contributed by atoms with van der Waals surface area (Å²) in [5.74, 6) is -4.18. The summed E-state index contributed by atoms with van der Waals surface area (Å²) in [5, 5.41) is 3.64. The van der Waals surface area contributed by atoms with Gasteiger partial charge in [-0.2, -0.15) is 8.78 Å². The van der Waals surface area contributed by atoms with Gasteiger partial charge in [0.2, 0.25) is 11.9 Å². The number of hydrogen-bond acceptors (Lipinski definition) is 5. The molecular formula is C22H23F4N5O. The number of benzene rings is 1. The number of fused-ring (bicyclic) bond motifs is 1. The highest BCUT2D eigenvalue weighted by Gasteiger charge is 2.56. The number of anilines is 1. The zero-order valence-electron chi connectivity index (χ0n) is 17.6. The van der Waals surface area contributed by atoms with Crippen LogP contribution in [0.1, 0.15) is 43.5 Å². The number of aromatic nitrogens is 2. The maximum atomic E-state index is 13.8. The molecule has 0 unspecified atom stereocenters. The molecule has 2 aromatic rings. The average molecular weight is 449 g/mol. The Balaban J connectivity index is 1.33. The predicted molar refractivity (Wildman–Crippen MR) is 108 cm³/mol. The van der Waals surface area contributed by atoms with E-state index in [0.29, 0.717) is 51.0 Å². The highest BCUT2D eigenvalue weighted by atomic mass is 19.3. The normalized spacial score (nSPS) is 23.3. The van der Waals surface area contributed by atoms with Gasteiger partial charge < -0.3 is 4.90 Å². The predicted octanol–water partition coefficient (Wildman–Crippen LogP) is 3.66. The first kappa shape index (κ1) is 21.1. The van der Waals surface area contributed by atoms with Crippen LogP contribution < -0.4 is 4.90 Å². The van der Waals surface area contributed by atoms with Crippen LogP contribution >= 0.6 is 0 Å². The van der Waals surface area contributed by atoms with E-state index in [1.807, 2.05) is 9.91 Å². The third kappa shape index (κ3) is 3.50. The number of hydrogen-bond donors (Lipinski definition) is 0. The van der Waals surface area contributed by atoms with E-state index in [9.17, 15) is 22.4 Å². The molecule has 10 heteroatoms. The Labute approximate surface area is 182 Å². The molecule has 0 aliphatic carbocycles. The molecule has 32 heavy (non-hydrogen) atoms. The van der Waals surface area contributed by atoms with Crippen LogP contribution in [0.15, 0.2) is 30.5 Å². The number of rotatable bonds is 3. The van der Waals surface area contributed by atoms with Crippen LogP contribution in [0.5, 0.6) is 0 Å². The Bertz CT molecular complexity index is 1030. The van der Waals surface area contributed by atoms with Gasteiger partial charge in [-0.25, -0.2) is 23.8 Å². The Morgan fingerprint density at radius 3 is 2.44 bits per heavy atom. The van der Waals surface area contributed by atoms with Crippen molar-refractivity contribution in [3.8, 4) is 0 Å². The van der Waals surface area contributed by atoms with Gasteiger partial charge in [0.15, 0.2) is 0 Å². The lowest BCUT2D eigenvalue weighted by molar-refractivity contribution is -0.143. The topological polar surface area (TPSA) is 52.6 Å². The van der Waals surface area contributed by atoms with E-state index >= 15 is 0 Å². The number of alkyl halides is 2. The van der Waals surface area contributed by atoms with Crippen molar-refractivity contribution in [3.05, 3.63) is 53.4 Å². The van der Waals surface area contributed by atoms with Gasteiger partial charge in [-0.1, -0.05) is 0 Å². The lowest BCUT2D eigenvalue weighted by atomic mass is 9.78. The molecular weight excluding hydrogens is 426 g/mol. The Morgan fingerprint density at radius 2 is 1.78 bits per heavy atom. The van der Waals surface area contributed by atoms with Gasteiger partial charge in [0.25, 0.3) is 5.92 Å². The van der Waals surface area contributed by atoms with E-state index in [2.05, 4.69) is 9.97 Å². The monoisotopic (exact) mass is 449 g/mol. The number of nitrogens with zero attached hydrogens (tertiary/aromatic N) is 5. The first-order valence-corrected chi connectivity index (χ1v) is 10.7. The van der Waals surface area contributed by atoms with Gasteiger partial charge in [-0.3, -0.25) is 9.80 Å². The highest BCUT2D eigenvalue weighted by Crippen LogP contribution is 2.47. The molecule has 1 aromatic carbocycles. The van der Waals surface area contributed by atoms with Crippen molar-refractivity contribution in [1.82, 2.24) is 20.0 Å². The minimum atomic E-state index is -3.06. The number of hydrazine groups is 1. The first-order chi connectivity index (χ1) is 15.2. The second kappa shape index (κ2) is 7.40. The van der Waals surface area contributed by atoms with Crippen molar-refractivity contribution in [2.75, 3.05) is 31.1 Å². The summed E-state index contributed by atoms with van der Waals surface area (Å²) in [4.78, 5) is 23.5. The second-order valence-electron chi connectivity index (χ2n) is 8.94. The van der Waals surface area contributed by atoms with Gasteiger partial charge in [-0.05, 0) is 43.0 Å². The summed E-state index contributed by atoms with van der Waals surface area (Å²) < 4.78 is 54.8. The van der Waals surface area contributed by atoms with Crippen LogP contribution in [0, 0.1) is 17.0 Å². The van der Waals surface area contributed by atoms with Crippen molar-refractivity contribution in [3.63, 3.8) is 0 Å². The summed E-state index contributed by atoms with van der Waals surface area (Å²) in [6, 6.07) is 4.20. The van der Waals surface area contributed by atoms with E-state index in [1.54, 1.807) is 5.01 Å². The quantitative estimate of drug-likeness (QED) is 0.670. The number of piperidine rings is 1. The third-order valence-electron chi connectivity index (χ3n) is 6.77. The van der Waals surface area contributed by atoms with Crippen molar-refractivity contribution >= 4 is 11.9 Å². The Hall–Kier alpha value is -2.75. The van der Waals surface area contributed by atoms with E-state index in [1.165, 1.54) is 24.4 Å². The van der Waals surface area contributed by atoms with E-state index in [0.717, 1.165) is 13.0 Å². The maximum absolute atomic E-state index is 13.8. The van der Waals surface area contributed by atoms with Gasteiger partial charge in [0, 0.05) is 45.4 Å². The van der Waals surface area contributed by atoms with Crippen LogP contribution in [0.3, 0.4) is 0 Å². The van der Waals surface area contributed by atoms with Crippen molar-refractivity contribution in [2.45, 2.75) is 38.2 Å². The first-order valence-electron chi connectivity index (χ1n) is 10.7. The molecule has 1 spiro atoms.